The van der Waals surface area contributed by atoms with E-state index in [4.69, 9.17) is 9.15 Å². The van der Waals surface area contributed by atoms with Crippen LogP contribution in [0.5, 0.6) is 5.75 Å². The van der Waals surface area contributed by atoms with E-state index in [1.54, 1.807) is 0 Å². The Labute approximate surface area is 176 Å². The fraction of sp³-hybridized carbons (Fsp3) is 0.458. The van der Waals surface area contributed by atoms with Crippen LogP contribution in [0, 0.1) is 0 Å². The lowest BCUT2D eigenvalue weighted by Gasteiger charge is -2.07. The van der Waals surface area contributed by atoms with Crippen LogP contribution in [0.2, 0.25) is 0 Å². The van der Waals surface area contributed by atoms with Gasteiger partial charge in [0.1, 0.15) is 12.4 Å². The Balaban J connectivity index is 1.74. The lowest BCUT2D eigenvalue weighted by molar-refractivity contribution is 0.286. The van der Waals surface area contributed by atoms with Crippen molar-refractivity contribution in [3.8, 4) is 5.75 Å². The molecule has 0 saturated carbocycles. The van der Waals surface area contributed by atoms with Crippen molar-refractivity contribution in [1.82, 2.24) is 0 Å². The van der Waals surface area contributed by atoms with E-state index in [1.165, 1.54) is 57.4 Å². The van der Waals surface area contributed by atoms with Crippen molar-refractivity contribution >= 4 is 22.0 Å². The van der Waals surface area contributed by atoms with Gasteiger partial charge in [0.2, 0.25) is 15.8 Å². The maximum absolute atomic E-state index is 12.3. The summed E-state index contributed by atoms with van der Waals surface area (Å²) in [5, 5.41) is 0. The second kappa shape index (κ2) is 13.4. The standard InChI is InChI=1S/C24H31BrO3/c1-2-3-4-5-6-7-8-9-10-14-17-21-18-22(26)23(24(25)28-21)27-19-20-15-12-11-13-16-20/h11-18H,2-10,19H2,1H3/b17-14+. The molecule has 28 heavy (non-hydrogen) atoms. The number of unbranched alkanes of at least 4 members (excludes halogenated alkanes) is 8. The van der Waals surface area contributed by atoms with Gasteiger partial charge in [-0.2, -0.15) is 0 Å². The molecular weight excluding hydrogens is 416 g/mol. The Bertz CT molecular complexity index is 765. The molecule has 0 aliphatic carbocycles. The highest BCUT2D eigenvalue weighted by molar-refractivity contribution is 9.10. The summed E-state index contributed by atoms with van der Waals surface area (Å²) in [5.74, 6) is 0.757. The second-order valence-corrected chi connectivity index (χ2v) is 7.78. The van der Waals surface area contributed by atoms with E-state index in [0.29, 0.717) is 17.0 Å². The molecule has 0 amide bonds. The van der Waals surface area contributed by atoms with E-state index in [0.717, 1.165) is 12.0 Å². The molecule has 3 nitrogen and oxygen atoms in total. The van der Waals surface area contributed by atoms with Crippen molar-refractivity contribution in [2.45, 2.75) is 71.3 Å². The van der Waals surface area contributed by atoms with Gasteiger partial charge in [-0.15, -0.1) is 0 Å². The van der Waals surface area contributed by atoms with Gasteiger partial charge in [-0.3, -0.25) is 4.79 Å². The Kier molecular flexibility index (Phi) is 10.7. The van der Waals surface area contributed by atoms with Crippen LogP contribution >= 0.6 is 15.9 Å². The van der Waals surface area contributed by atoms with Gasteiger partial charge in [-0.1, -0.05) is 88.3 Å². The third-order valence-corrected chi connectivity index (χ3v) is 5.14. The summed E-state index contributed by atoms with van der Waals surface area (Å²) >= 11 is 3.31. The fourth-order valence-electron chi connectivity index (χ4n) is 3.01. The Hall–Kier alpha value is -1.81. The van der Waals surface area contributed by atoms with Crippen LogP contribution in [0.15, 0.2) is 56.4 Å². The van der Waals surface area contributed by atoms with Crippen LogP contribution in [0.4, 0.5) is 0 Å². The number of halogens is 1. The molecule has 4 heteroatoms. The van der Waals surface area contributed by atoms with E-state index < -0.39 is 0 Å². The first-order valence-corrected chi connectivity index (χ1v) is 11.2. The highest BCUT2D eigenvalue weighted by atomic mass is 79.9. The molecule has 0 fully saturated rings. The van der Waals surface area contributed by atoms with Gasteiger partial charge in [0.05, 0.1) is 0 Å². The normalized spacial score (nSPS) is 11.2. The summed E-state index contributed by atoms with van der Waals surface area (Å²) in [6, 6.07) is 11.2. The first-order chi connectivity index (χ1) is 13.7. The van der Waals surface area contributed by atoms with Crippen LogP contribution in [0.1, 0.15) is 76.0 Å². The largest absolute Gasteiger partial charge is 0.481 e. The molecule has 0 aliphatic rings. The van der Waals surface area contributed by atoms with Gasteiger partial charge >= 0.3 is 0 Å². The molecule has 1 heterocycles. The zero-order chi connectivity index (χ0) is 20.0. The number of allylic oxidation sites excluding steroid dienone is 1. The van der Waals surface area contributed by atoms with Crippen LogP contribution in [-0.4, -0.2) is 0 Å². The van der Waals surface area contributed by atoms with E-state index in [-0.39, 0.29) is 11.2 Å². The summed E-state index contributed by atoms with van der Waals surface area (Å²) in [5.41, 5.74) is 0.823. The lowest BCUT2D eigenvalue weighted by atomic mass is 10.1. The first-order valence-electron chi connectivity index (χ1n) is 10.4. The van der Waals surface area contributed by atoms with Crippen LogP contribution < -0.4 is 10.2 Å². The average molecular weight is 447 g/mol. The fourth-order valence-corrected chi connectivity index (χ4v) is 3.50. The average Bonchev–Trinajstić information content (AvgIpc) is 2.69. The number of benzene rings is 1. The summed E-state index contributed by atoms with van der Waals surface area (Å²) in [7, 11) is 0. The molecule has 152 valence electrons. The minimum atomic E-state index is -0.180. The highest BCUT2D eigenvalue weighted by Crippen LogP contribution is 2.23. The quantitative estimate of drug-likeness (QED) is 0.298. The Morgan fingerprint density at radius 1 is 1.00 bits per heavy atom. The van der Waals surface area contributed by atoms with Gasteiger partial charge < -0.3 is 9.15 Å². The van der Waals surface area contributed by atoms with E-state index >= 15 is 0 Å². The van der Waals surface area contributed by atoms with Crippen molar-refractivity contribution in [3.05, 3.63) is 68.7 Å². The van der Waals surface area contributed by atoms with Gasteiger partial charge in [0, 0.05) is 6.07 Å². The molecule has 2 aromatic rings. The summed E-state index contributed by atoms with van der Waals surface area (Å²) < 4.78 is 11.6. The molecule has 1 aromatic carbocycles. The van der Waals surface area contributed by atoms with Gasteiger partial charge in [0.25, 0.3) is 0 Å². The Morgan fingerprint density at radius 3 is 2.36 bits per heavy atom. The SMILES string of the molecule is CCCCCCCCCC/C=C/c1cc(=O)c(OCc2ccccc2)c(Br)o1. The van der Waals surface area contributed by atoms with Gasteiger partial charge in [0.15, 0.2) is 0 Å². The molecule has 0 aliphatic heterocycles. The van der Waals surface area contributed by atoms with Gasteiger partial charge in [-0.05, 0) is 40.4 Å². The van der Waals surface area contributed by atoms with E-state index in [1.807, 2.05) is 36.4 Å². The van der Waals surface area contributed by atoms with Crippen molar-refractivity contribution in [2.24, 2.45) is 0 Å². The number of hydrogen-bond donors (Lipinski definition) is 0. The zero-order valence-electron chi connectivity index (χ0n) is 16.8. The zero-order valence-corrected chi connectivity index (χ0v) is 18.4. The maximum atomic E-state index is 12.3. The molecule has 0 atom stereocenters. The molecule has 1 aromatic heterocycles. The summed E-state index contributed by atoms with van der Waals surface area (Å²) in [6.45, 7) is 2.58. The number of ether oxygens (including phenoxy) is 1. The van der Waals surface area contributed by atoms with Crippen molar-refractivity contribution < 1.29 is 9.15 Å². The van der Waals surface area contributed by atoms with E-state index in [2.05, 4.69) is 28.9 Å². The minimum Gasteiger partial charge on any atom is -0.481 e. The van der Waals surface area contributed by atoms with Crippen molar-refractivity contribution in [2.75, 3.05) is 0 Å². The molecular formula is C24H31BrO3. The first kappa shape index (κ1) is 22.5. The van der Waals surface area contributed by atoms with Crippen LogP contribution in [0.3, 0.4) is 0 Å². The van der Waals surface area contributed by atoms with E-state index in [9.17, 15) is 4.79 Å². The molecule has 0 spiro atoms. The topological polar surface area (TPSA) is 39.4 Å². The summed E-state index contributed by atoms with van der Waals surface area (Å²) in [6.07, 6.45) is 15.4. The van der Waals surface area contributed by atoms with Crippen molar-refractivity contribution in [1.29, 1.82) is 0 Å². The molecule has 0 bridgehead atoms. The molecule has 0 unspecified atom stereocenters. The molecule has 2 rings (SSSR count). The third-order valence-electron chi connectivity index (χ3n) is 4.62. The second-order valence-electron chi connectivity index (χ2n) is 7.06. The third kappa shape index (κ3) is 8.47. The predicted molar refractivity (Wildman–Crippen MR) is 120 cm³/mol. The Morgan fingerprint density at radius 2 is 1.68 bits per heavy atom. The van der Waals surface area contributed by atoms with Crippen LogP contribution in [0.25, 0.3) is 6.08 Å². The molecule has 0 saturated heterocycles. The number of rotatable bonds is 13. The monoisotopic (exact) mass is 446 g/mol. The smallest absolute Gasteiger partial charge is 0.228 e. The number of hydrogen-bond acceptors (Lipinski definition) is 3. The molecule has 0 radical (unpaired) electrons. The van der Waals surface area contributed by atoms with Crippen LogP contribution in [-0.2, 0) is 6.61 Å². The molecule has 0 N–H and O–H groups in total. The van der Waals surface area contributed by atoms with Crippen molar-refractivity contribution in [3.63, 3.8) is 0 Å². The maximum Gasteiger partial charge on any atom is 0.228 e. The minimum absolute atomic E-state index is 0.180. The van der Waals surface area contributed by atoms with Gasteiger partial charge in [-0.25, -0.2) is 0 Å². The predicted octanol–water partition coefficient (Wildman–Crippen LogP) is 7.53. The lowest BCUT2D eigenvalue weighted by Crippen LogP contribution is -2.08. The highest BCUT2D eigenvalue weighted by Gasteiger charge is 2.10. The summed E-state index contributed by atoms with van der Waals surface area (Å²) in [4.78, 5) is 12.3.